The fraction of sp³-hybridized carbons (Fsp3) is 0.267. The van der Waals surface area contributed by atoms with Gasteiger partial charge in [-0.15, -0.1) is 0 Å². The first-order valence-corrected chi connectivity index (χ1v) is 7.57. The summed E-state index contributed by atoms with van der Waals surface area (Å²) in [7, 11) is 0. The van der Waals surface area contributed by atoms with Crippen LogP contribution >= 0.6 is 23.2 Å². The van der Waals surface area contributed by atoms with Gasteiger partial charge in [-0.3, -0.25) is 9.69 Å². The number of esters is 1. The van der Waals surface area contributed by atoms with E-state index in [0.29, 0.717) is 22.2 Å². The molecule has 1 aliphatic rings. The molecule has 0 spiro atoms. The van der Waals surface area contributed by atoms with Gasteiger partial charge in [0.1, 0.15) is 0 Å². The van der Waals surface area contributed by atoms with Gasteiger partial charge in [0.2, 0.25) is 0 Å². The minimum absolute atomic E-state index is 0.255. The molecule has 0 bridgehead atoms. The molecule has 3 amide bonds. The fourth-order valence-electron chi connectivity index (χ4n) is 1.99. The molecule has 2 rings (SSSR count). The third-order valence-corrected chi connectivity index (χ3v) is 3.81. The minimum atomic E-state index is -1.07. The first-order valence-electron chi connectivity index (χ1n) is 6.82. The zero-order valence-corrected chi connectivity index (χ0v) is 13.7. The molecule has 1 saturated heterocycles. The second-order valence-electron chi connectivity index (χ2n) is 4.77. The van der Waals surface area contributed by atoms with Crippen LogP contribution in [-0.2, 0) is 14.3 Å². The number of benzene rings is 1. The maximum atomic E-state index is 12.0. The summed E-state index contributed by atoms with van der Waals surface area (Å²) in [4.78, 5) is 36.2. The highest BCUT2D eigenvalue weighted by atomic mass is 35.5. The van der Waals surface area contributed by atoms with Crippen LogP contribution < -0.4 is 5.32 Å². The predicted molar refractivity (Wildman–Crippen MR) is 86.2 cm³/mol. The molecule has 8 heteroatoms. The lowest BCUT2D eigenvalue weighted by molar-refractivity contribution is -0.153. The Morgan fingerprint density at radius 3 is 2.57 bits per heavy atom. The molecule has 0 unspecified atom stereocenters. The van der Waals surface area contributed by atoms with E-state index in [1.807, 2.05) is 0 Å². The number of halogens is 2. The van der Waals surface area contributed by atoms with Crippen molar-refractivity contribution in [3.8, 4) is 0 Å². The van der Waals surface area contributed by atoms with E-state index in [0.717, 1.165) is 11.0 Å². The molecule has 1 aliphatic heterocycles. The standard InChI is InChI=1S/C15H14Cl2N2O4/c1-9(14(21)19-8-7-18-15(19)22)23-13(20)6-5-10-11(16)3-2-4-12(10)17/h2-6,9H,7-8H2,1H3,(H,18,22)/b6-5+/t9-/m0/s1. The summed E-state index contributed by atoms with van der Waals surface area (Å²) in [5.74, 6) is -1.31. The average molecular weight is 357 g/mol. The second-order valence-corrected chi connectivity index (χ2v) is 5.58. The summed E-state index contributed by atoms with van der Waals surface area (Å²) >= 11 is 12.0. The number of ether oxygens (including phenoxy) is 1. The van der Waals surface area contributed by atoms with Crippen molar-refractivity contribution in [1.82, 2.24) is 10.2 Å². The molecule has 0 aliphatic carbocycles. The summed E-state index contributed by atoms with van der Waals surface area (Å²) in [6.45, 7) is 2.04. The number of carbonyl (C=O) groups is 3. The molecule has 1 heterocycles. The van der Waals surface area contributed by atoms with E-state index >= 15 is 0 Å². The van der Waals surface area contributed by atoms with Crippen LogP contribution in [0.3, 0.4) is 0 Å². The predicted octanol–water partition coefficient (Wildman–Crippen LogP) is 2.49. The van der Waals surface area contributed by atoms with Gasteiger partial charge in [0, 0.05) is 34.8 Å². The normalized spacial score (nSPS) is 15.6. The molecule has 0 radical (unpaired) electrons. The number of urea groups is 1. The molecular weight excluding hydrogens is 343 g/mol. The largest absolute Gasteiger partial charge is 0.449 e. The lowest BCUT2D eigenvalue weighted by Gasteiger charge is -2.17. The Morgan fingerprint density at radius 1 is 1.35 bits per heavy atom. The van der Waals surface area contributed by atoms with Crippen LogP contribution in [0.4, 0.5) is 4.79 Å². The van der Waals surface area contributed by atoms with Crippen molar-refractivity contribution in [3.63, 3.8) is 0 Å². The zero-order chi connectivity index (χ0) is 17.0. The molecule has 0 aromatic heterocycles. The SMILES string of the molecule is C[C@H](OC(=O)/C=C/c1c(Cl)cccc1Cl)C(=O)N1CCNC1=O. The van der Waals surface area contributed by atoms with Crippen molar-refractivity contribution in [2.24, 2.45) is 0 Å². The number of amides is 3. The molecule has 1 atom stereocenters. The van der Waals surface area contributed by atoms with Crippen LogP contribution in [-0.4, -0.2) is 42.0 Å². The quantitative estimate of drug-likeness (QED) is 0.664. The van der Waals surface area contributed by atoms with Crippen LogP contribution in [0.1, 0.15) is 12.5 Å². The molecule has 0 saturated carbocycles. The molecule has 1 fully saturated rings. The monoisotopic (exact) mass is 356 g/mol. The van der Waals surface area contributed by atoms with Crippen molar-refractivity contribution < 1.29 is 19.1 Å². The summed E-state index contributed by atoms with van der Waals surface area (Å²) in [6.07, 6.45) is 1.46. The van der Waals surface area contributed by atoms with Crippen molar-refractivity contribution >= 4 is 47.2 Å². The van der Waals surface area contributed by atoms with Gasteiger partial charge in [0.15, 0.2) is 6.10 Å². The maximum Gasteiger partial charge on any atom is 0.331 e. The van der Waals surface area contributed by atoms with E-state index in [9.17, 15) is 14.4 Å². The van der Waals surface area contributed by atoms with E-state index < -0.39 is 24.0 Å². The molecule has 122 valence electrons. The van der Waals surface area contributed by atoms with E-state index in [-0.39, 0.29) is 6.54 Å². The topological polar surface area (TPSA) is 75.7 Å². The van der Waals surface area contributed by atoms with Gasteiger partial charge in [-0.25, -0.2) is 9.59 Å². The number of nitrogens with zero attached hydrogens (tertiary/aromatic N) is 1. The van der Waals surface area contributed by atoms with Gasteiger partial charge in [0.25, 0.3) is 5.91 Å². The fourth-order valence-corrected chi connectivity index (χ4v) is 2.51. The lowest BCUT2D eigenvalue weighted by atomic mass is 10.2. The smallest absolute Gasteiger partial charge is 0.331 e. The van der Waals surface area contributed by atoms with Gasteiger partial charge in [-0.1, -0.05) is 29.3 Å². The number of imide groups is 1. The van der Waals surface area contributed by atoms with E-state index in [4.69, 9.17) is 27.9 Å². The van der Waals surface area contributed by atoms with Gasteiger partial charge in [0.05, 0.1) is 0 Å². The number of carbonyl (C=O) groups excluding carboxylic acids is 3. The van der Waals surface area contributed by atoms with Crippen LogP contribution in [0.25, 0.3) is 6.08 Å². The van der Waals surface area contributed by atoms with Crippen LogP contribution in [0, 0.1) is 0 Å². The maximum absolute atomic E-state index is 12.0. The van der Waals surface area contributed by atoms with Crippen molar-refractivity contribution in [1.29, 1.82) is 0 Å². The Hall–Kier alpha value is -2.05. The third-order valence-electron chi connectivity index (χ3n) is 3.15. The van der Waals surface area contributed by atoms with Crippen LogP contribution in [0.2, 0.25) is 10.0 Å². The number of nitrogens with one attached hydrogen (secondary N) is 1. The Morgan fingerprint density at radius 2 is 2.00 bits per heavy atom. The Labute approximate surface area is 143 Å². The molecule has 1 aromatic carbocycles. The lowest BCUT2D eigenvalue weighted by Crippen LogP contribution is -2.41. The van der Waals surface area contributed by atoms with Gasteiger partial charge in [-0.2, -0.15) is 0 Å². The highest BCUT2D eigenvalue weighted by Crippen LogP contribution is 2.25. The van der Waals surface area contributed by atoms with Crippen LogP contribution in [0.15, 0.2) is 24.3 Å². The summed E-state index contributed by atoms with van der Waals surface area (Å²) in [6, 6.07) is 4.46. The number of rotatable bonds is 4. The molecule has 1 N–H and O–H groups in total. The van der Waals surface area contributed by atoms with Gasteiger partial charge < -0.3 is 10.1 Å². The highest BCUT2D eigenvalue weighted by molar-refractivity contribution is 6.37. The Kier molecular flexibility index (Phi) is 5.63. The third kappa shape index (κ3) is 4.24. The molecule has 6 nitrogen and oxygen atoms in total. The Bertz CT molecular complexity index is 655. The van der Waals surface area contributed by atoms with Crippen LogP contribution in [0.5, 0.6) is 0 Å². The van der Waals surface area contributed by atoms with Crippen molar-refractivity contribution in [2.75, 3.05) is 13.1 Å². The van der Waals surface area contributed by atoms with Gasteiger partial charge in [-0.05, 0) is 25.1 Å². The Balaban J connectivity index is 1.97. The first-order chi connectivity index (χ1) is 10.9. The molecule has 1 aromatic rings. The number of hydrogen-bond acceptors (Lipinski definition) is 4. The summed E-state index contributed by atoms with van der Waals surface area (Å²) in [5.41, 5.74) is 0.477. The van der Waals surface area contributed by atoms with E-state index in [1.165, 1.54) is 13.0 Å². The van der Waals surface area contributed by atoms with E-state index in [1.54, 1.807) is 18.2 Å². The van der Waals surface area contributed by atoms with Crippen molar-refractivity contribution in [2.45, 2.75) is 13.0 Å². The summed E-state index contributed by atoms with van der Waals surface area (Å²) in [5, 5.41) is 3.28. The second kappa shape index (κ2) is 7.48. The average Bonchev–Trinajstić information content (AvgIpc) is 2.92. The highest BCUT2D eigenvalue weighted by Gasteiger charge is 2.31. The first kappa shape index (κ1) is 17.3. The summed E-state index contributed by atoms with van der Waals surface area (Å²) < 4.78 is 4.99. The zero-order valence-electron chi connectivity index (χ0n) is 12.2. The minimum Gasteiger partial charge on any atom is -0.449 e. The van der Waals surface area contributed by atoms with Gasteiger partial charge >= 0.3 is 12.0 Å². The number of hydrogen-bond donors (Lipinski definition) is 1. The van der Waals surface area contributed by atoms with E-state index in [2.05, 4.69) is 5.32 Å². The molecular formula is C15H14Cl2N2O4. The molecule has 23 heavy (non-hydrogen) atoms. The van der Waals surface area contributed by atoms with Crippen molar-refractivity contribution in [3.05, 3.63) is 39.9 Å².